The Morgan fingerprint density at radius 2 is 2.04 bits per heavy atom. The fraction of sp³-hybridized carbons (Fsp3) is 0.562. The number of sulfonamides is 1. The Morgan fingerprint density at radius 3 is 2.65 bits per heavy atom. The number of hydrogen-bond acceptors (Lipinski definition) is 4. The summed E-state index contributed by atoms with van der Waals surface area (Å²) in [6, 6.07) is 6.05. The molecule has 1 unspecified atom stereocenters. The molecule has 0 aliphatic heterocycles. The largest absolute Gasteiger partial charge is 0.338 e. The number of benzene rings is 1. The lowest BCUT2D eigenvalue weighted by molar-refractivity contribution is 0.0748. The maximum Gasteiger partial charge on any atom is 0.253 e. The van der Waals surface area contributed by atoms with E-state index < -0.39 is 10.0 Å². The Morgan fingerprint density at radius 1 is 1.39 bits per heavy atom. The molecule has 23 heavy (non-hydrogen) atoms. The summed E-state index contributed by atoms with van der Waals surface area (Å²) in [6.45, 7) is 2.20. The van der Waals surface area contributed by atoms with Crippen LogP contribution >= 0.6 is 0 Å². The van der Waals surface area contributed by atoms with Gasteiger partial charge in [-0.2, -0.15) is 0 Å². The van der Waals surface area contributed by atoms with Crippen molar-refractivity contribution in [3.05, 3.63) is 29.8 Å². The standard InChI is InChI=1S/C16H25N3O3S/c1-12(11-17)19(2)16(20)13-6-5-9-15(10-13)23(21,22)18-14-7-3-4-8-14/h5-6,9-10,12,14,18H,3-4,7-8,11,17H2,1-2H3. The summed E-state index contributed by atoms with van der Waals surface area (Å²) in [4.78, 5) is 14.1. The van der Waals surface area contributed by atoms with Crippen molar-refractivity contribution in [3.8, 4) is 0 Å². The van der Waals surface area contributed by atoms with E-state index in [2.05, 4.69) is 4.72 Å². The topological polar surface area (TPSA) is 92.5 Å². The minimum absolute atomic E-state index is 0.000654. The summed E-state index contributed by atoms with van der Waals surface area (Å²) in [7, 11) is -1.93. The molecule has 1 aromatic rings. The molecule has 0 spiro atoms. The number of carbonyl (C=O) groups is 1. The molecule has 0 saturated heterocycles. The van der Waals surface area contributed by atoms with E-state index in [0.29, 0.717) is 12.1 Å². The smallest absolute Gasteiger partial charge is 0.253 e. The van der Waals surface area contributed by atoms with Gasteiger partial charge in [0.15, 0.2) is 0 Å². The SMILES string of the molecule is CC(CN)N(C)C(=O)c1cccc(S(=O)(=O)NC2CCCC2)c1. The van der Waals surface area contributed by atoms with Crippen LogP contribution in [0, 0.1) is 0 Å². The maximum absolute atomic E-state index is 12.5. The van der Waals surface area contributed by atoms with E-state index in [1.54, 1.807) is 19.2 Å². The molecule has 7 heteroatoms. The van der Waals surface area contributed by atoms with Gasteiger partial charge < -0.3 is 10.6 Å². The third kappa shape index (κ3) is 4.31. The van der Waals surface area contributed by atoms with Crippen LogP contribution in [-0.2, 0) is 10.0 Å². The number of nitrogens with two attached hydrogens (primary N) is 1. The van der Waals surface area contributed by atoms with Crippen LogP contribution in [0.1, 0.15) is 43.0 Å². The zero-order chi connectivity index (χ0) is 17.0. The van der Waals surface area contributed by atoms with E-state index in [-0.39, 0.29) is 22.9 Å². The summed E-state index contributed by atoms with van der Waals surface area (Å²) in [5.41, 5.74) is 5.93. The monoisotopic (exact) mass is 339 g/mol. The average molecular weight is 339 g/mol. The predicted octanol–water partition coefficient (Wildman–Crippen LogP) is 1.33. The number of amides is 1. The van der Waals surface area contributed by atoms with E-state index in [0.717, 1.165) is 25.7 Å². The molecule has 0 heterocycles. The lowest BCUT2D eigenvalue weighted by atomic mass is 10.2. The van der Waals surface area contributed by atoms with Crippen LogP contribution in [0.2, 0.25) is 0 Å². The Labute approximate surface area is 138 Å². The second-order valence-electron chi connectivity index (χ2n) is 6.13. The summed E-state index contributed by atoms with van der Waals surface area (Å²) < 4.78 is 27.7. The van der Waals surface area contributed by atoms with Crippen molar-refractivity contribution in [1.29, 1.82) is 0 Å². The van der Waals surface area contributed by atoms with Crippen LogP contribution in [0.5, 0.6) is 0 Å². The van der Waals surface area contributed by atoms with Gasteiger partial charge in [-0.05, 0) is 38.0 Å². The Bertz CT molecular complexity index is 654. The highest BCUT2D eigenvalue weighted by molar-refractivity contribution is 7.89. The highest BCUT2D eigenvalue weighted by Crippen LogP contribution is 2.21. The molecule has 1 aromatic carbocycles. The van der Waals surface area contributed by atoms with Crippen molar-refractivity contribution in [3.63, 3.8) is 0 Å². The van der Waals surface area contributed by atoms with Crippen LogP contribution in [0.4, 0.5) is 0 Å². The summed E-state index contributed by atoms with van der Waals surface area (Å²) >= 11 is 0. The average Bonchev–Trinajstić information content (AvgIpc) is 3.05. The third-order valence-electron chi connectivity index (χ3n) is 4.39. The van der Waals surface area contributed by atoms with Gasteiger partial charge in [-0.3, -0.25) is 4.79 Å². The van der Waals surface area contributed by atoms with Crippen molar-refractivity contribution in [2.45, 2.75) is 49.6 Å². The van der Waals surface area contributed by atoms with Gasteiger partial charge in [0.1, 0.15) is 0 Å². The highest BCUT2D eigenvalue weighted by Gasteiger charge is 2.24. The number of hydrogen-bond donors (Lipinski definition) is 2. The molecule has 1 saturated carbocycles. The Hall–Kier alpha value is -1.44. The Balaban J connectivity index is 2.20. The summed E-state index contributed by atoms with van der Waals surface area (Å²) in [5, 5.41) is 0. The maximum atomic E-state index is 12.5. The highest BCUT2D eigenvalue weighted by atomic mass is 32.2. The molecule has 6 nitrogen and oxygen atoms in total. The number of carbonyl (C=O) groups excluding carboxylic acids is 1. The van der Waals surface area contributed by atoms with E-state index in [9.17, 15) is 13.2 Å². The quantitative estimate of drug-likeness (QED) is 0.818. The first kappa shape index (κ1) is 17.9. The fourth-order valence-electron chi connectivity index (χ4n) is 2.69. The van der Waals surface area contributed by atoms with Crippen LogP contribution in [0.25, 0.3) is 0 Å². The molecule has 0 aromatic heterocycles. The van der Waals surface area contributed by atoms with Crippen molar-refractivity contribution in [2.75, 3.05) is 13.6 Å². The van der Waals surface area contributed by atoms with E-state index >= 15 is 0 Å². The first-order valence-corrected chi connectivity index (χ1v) is 9.43. The molecular weight excluding hydrogens is 314 g/mol. The number of nitrogens with one attached hydrogen (secondary N) is 1. The second kappa shape index (κ2) is 7.42. The first-order valence-electron chi connectivity index (χ1n) is 7.95. The lowest BCUT2D eigenvalue weighted by Gasteiger charge is -2.24. The van der Waals surface area contributed by atoms with Gasteiger partial charge in [-0.25, -0.2) is 13.1 Å². The molecule has 3 N–H and O–H groups in total. The predicted molar refractivity (Wildman–Crippen MR) is 89.6 cm³/mol. The van der Waals surface area contributed by atoms with E-state index in [4.69, 9.17) is 5.73 Å². The Kier molecular flexibility index (Phi) is 5.78. The zero-order valence-electron chi connectivity index (χ0n) is 13.7. The van der Waals surface area contributed by atoms with E-state index in [1.165, 1.54) is 17.0 Å². The molecule has 1 fully saturated rings. The van der Waals surface area contributed by atoms with Crippen molar-refractivity contribution >= 4 is 15.9 Å². The third-order valence-corrected chi connectivity index (χ3v) is 5.91. The van der Waals surface area contributed by atoms with Gasteiger partial charge in [0.05, 0.1) is 4.90 Å². The molecule has 0 radical (unpaired) electrons. The molecule has 1 aliphatic rings. The van der Waals surface area contributed by atoms with Crippen LogP contribution < -0.4 is 10.5 Å². The zero-order valence-corrected chi connectivity index (χ0v) is 14.5. The van der Waals surface area contributed by atoms with Crippen molar-refractivity contribution in [2.24, 2.45) is 5.73 Å². The van der Waals surface area contributed by atoms with Crippen LogP contribution in [0.15, 0.2) is 29.2 Å². The summed E-state index contributed by atoms with van der Waals surface area (Å²) in [5.74, 6) is -0.235. The number of rotatable bonds is 6. The second-order valence-corrected chi connectivity index (χ2v) is 7.85. The van der Waals surface area contributed by atoms with Gasteiger partial charge in [0, 0.05) is 31.2 Å². The van der Waals surface area contributed by atoms with Crippen molar-refractivity contribution < 1.29 is 13.2 Å². The first-order chi connectivity index (χ1) is 10.8. The summed E-state index contributed by atoms with van der Waals surface area (Å²) in [6.07, 6.45) is 3.84. The van der Waals surface area contributed by atoms with Gasteiger partial charge in [0.25, 0.3) is 5.91 Å². The molecular formula is C16H25N3O3S. The van der Waals surface area contributed by atoms with Gasteiger partial charge in [-0.15, -0.1) is 0 Å². The van der Waals surface area contributed by atoms with Gasteiger partial charge >= 0.3 is 0 Å². The molecule has 1 amide bonds. The van der Waals surface area contributed by atoms with Gasteiger partial charge in [0.2, 0.25) is 10.0 Å². The molecule has 128 valence electrons. The lowest BCUT2D eigenvalue weighted by Crippen LogP contribution is -2.39. The molecule has 1 aliphatic carbocycles. The minimum atomic E-state index is -3.60. The minimum Gasteiger partial charge on any atom is -0.338 e. The van der Waals surface area contributed by atoms with Crippen LogP contribution in [0.3, 0.4) is 0 Å². The van der Waals surface area contributed by atoms with Crippen molar-refractivity contribution in [1.82, 2.24) is 9.62 Å². The fourth-order valence-corrected chi connectivity index (χ4v) is 4.04. The molecule has 2 rings (SSSR count). The van der Waals surface area contributed by atoms with Crippen LogP contribution in [-0.4, -0.2) is 44.9 Å². The number of nitrogens with zero attached hydrogens (tertiary/aromatic N) is 1. The van der Waals surface area contributed by atoms with Gasteiger partial charge in [-0.1, -0.05) is 18.9 Å². The van der Waals surface area contributed by atoms with E-state index in [1.807, 2.05) is 6.92 Å². The molecule has 0 bridgehead atoms. The normalized spacial score (nSPS) is 17.2. The number of likely N-dealkylation sites (N-methyl/N-ethyl adjacent to an activating group) is 1. The molecule has 1 atom stereocenters.